The van der Waals surface area contributed by atoms with Gasteiger partial charge in [-0.05, 0) is 56.6 Å². The smallest absolute Gasteiger partial charge is 0.159 e. The Morgan fingerprint density at radius 1 is 0.322 bits per heavy atom. The monoisotopic (exact) mass is 717 g/mol. The van der Waals surface area contributed by atoms with E-state index in [0.29, 0.717) is 22.5 Å². The highest BCUT2D eigenvalue weighted by Gasteiger charge is 2.28. The molecule has 59 heavy (non-hydrogen) atoms. The van der Waals surface area contributed by atoms with Crippen molar-refractivity contribution in [1.29, 1.82) is 0 Å². The van der Waals surface area contributed by atoms with Crippen LogP contribution in [0.3, 0.4) is 0 Å². The number of nitrogens with zero attached hydrogens (tertiary/aromatic N) is 1. The van der Waals surface area contributed by atoms with Crippen LogP contribution in [0.15, 0.2) is 101 Å². The quantitative estimate of drug-likeness (QED) is 0.140. The van der Waals surface area contributed by atoms with Gasteiger partial charge in [-0.25, -0.2) is 0 Å². The summed E-state index contributed by atoms with van der Waals surface area (Å²) in [6.07, 6.45) is 0. The largest absolute Gasteiger partial charge is 0.454 e. The Morgan fingerprint density at radius 3 is 1.29 bits per heavy atom. The Kier molecular flexibility index (Phi) is 9.62. The molecule has 9 aromatic rings. The molecular formula is C44H16B13NO. The van der Waals surface area contributed by atoms with E-state index in [1.54, 1.807) is 0 Å². The molecule has 0 aliphatic heterocycles. The fourth-order valence-corrected chi connectivity index (χ4v) is 8.31. The molecule has 0 unspecified atom stereocenters. The van der Waals surface area contributed by atoms with E-state index in [4.69, 9.17) is 106 Å². The van der Waals surface area contributed by atoms with Crippen LogP contribution in [0.1, 0.15) is 0 Å². The molecule has 0 spiro atoms. The Labute approximate surface area is 360 Å². The van der Waals surface area contributed by atoms with Crippen LogP contribution in [-0.4, -0.2) is 102 Å². The Balaban J connectivity index is 1.36. The molecule has 26 radical (unpaired) electrons. The van der Waals surface area contributed by atoms with Crippen LogP contribution in [-0.2, 0) is 0 Å². The molecule has 0 amide bonds. The summed E-state index contributed by atoms with van der Waals surface area (Å²) in [6, 6.07) is 31.9. The molecule has 8 aromatic carbocycles. The average molecular weight is 715 g/mol. The second-order valence-electron chi connectivity index (χ2n) is 14.5. The van der Waals surface area contributed by atoms with Gasteiger partial charge in [0.05, 0.1) is 11.4 Å². The molecule has 15 heteroatoms. The van der Waals surface area contributed by atoms with Crippen molar-refractivity contribution < 1.29 is 4.42 Å². The molecule has 1 heterocycles. The predicted molar refractivity (Wildman–Crippen MR) is 264 cm³/mol. The van der Waals surface area contributed by atoms with Crippen molar-refractivity contribution >= 4 is 234 Å². The van der Waals surface area contributed by atoms with Crippen molar-refractivity contribution in [2.75, 3.05) is 4.90 Å². The summed E-state index contributed by atoms with van der Waals surface area (Å²) in [5.41, 5.74) is 3.17. The summed E-state index contributed by atoms with van der Waals surface area (Å²) in [4.78, 5) is 1.93. The van der Waals surface area contributed by atoms with E-state index in [2.05, 4.69) is 18.2 Å². The number of hydrogen-bond acceptors (Lipinski definition) is 2. The fraction of sp³-hybridized carbons (Fsp3) is 0. The second-order valence-corrected chi connectivity index (χ2v) is 14.5. The van der Waals surface area contributed by atoms with Gasteiger partial charge in [0.25, 0.3) is 0 Å². The third-order valence-electron chi connectivity index (χ3n) is 11.3. The number of para-hydroxylation sites is 2. The van der Waals surface area contributed by atoms with Crippen molar-refractivity contribution in [3.8, 4) is 22.3 Å². The van der Waals surface area contributed by atoms with Crippen LogP contribution >= 0.6 is 0 Å². The normalized spacial score (nSPS) is 11.6. The highest BCUT2D eigenvalue weighted by atomic mass is 16.3. The molecule has 0 aliphatic carbocycles. The lowest BCUT2D eigenvalue weighted by Crippen LogP contribution is -2.57. The standard InChI is InChI=1S/C44H16B13NO/c45-30-26(28-34(49)38(53)40(55)39(54)35(28)50)31(46)33(48)27(32(30)47)29-36(51)41(56)43(42(57)37(29)52)58(23-14-7-13-22-21-12-5-6-15-25(21)59-44(22)23)24-16-17-8-1-2-9-18(17)19-10-3-4-11-20(19)24/h1-16H. The maximum Gasteiger partial charge on any atom is 0.159 e. The molecule has 0 atom stereocenters. The first-order valence-corrected chi connectivity index (χ1v) is 18.4. The van der Waals surface area contributed by atoms with Crippen molar-refractivity contribution in [3.05, 3.63) is 97.1 Å². The summed E-state index contributed by atoms with van der Waals surface area (Å²) >= 11 is 0. The first-order valence-electron chi connectivity index (χ1n) is 18.4. The number of furan rings is 1. The SMILES string of the molecule is [B]c1c([B])c([B])c(-c2c([B])c([B])c(-c3c([B])c([B])c(N(c4cc5ccccc5c5ccccc45)c4cccc5c4oc4ccccc45)c([B])c3[B])c([B])c2[B])c([B])c1[B]. The second kappa shape index (κ2) is 14.5. The lowest BCUT2D eigenvalue weighted by molar-refractivity contribution is 0.669. The molecule has 0 bridgehead atoms. The maximum absolute atomic E-state index is 7.18. The zero-order valence-electron chi connectivity index (χ0n) is 31.6. The van der Waals surface area contributed by atoms with Gasteiger partial charge in [0.1, 0.15) is 108 Å². The summed E-state index contributed by atoms with van der Waals surface area (Å²) in [6.45, 7) is 0. The molecule has 0 saturated heterocycles. The van der Waals surface area contributed by atoms with E-state index in [0.717, 1.165) is 38.0 Å². The average Bonchev–Trinajstić information content (AvgIpc) is 3.64. The van der Waals surface area contributed by atoms with Gasteiger partial charge < -0.3 is 9.32 Å². The molecule has 242 valence electrons. The summed E-state index contributed by atoms with van der Waals surface area (Å²) < 4.78 is 6.60. The minimum Gasteiger partial charge on any atom is -0.454 e. The Bertz CT molecular complexity index is 3200. The summed E-state index contributed by atoms with van der Waals surface area (Å²) in [7, 11) is 86.8. The van der Waals surface area contributed by atoms with E-state index in [-0.39, 0.29) is 93.3 Å². The van der Waals surface area contributed by atoms with E-state index in [1.807, 2.05) is 83.8 Å². The predicted octanol–water partition coefficient (Wildman–Crippen LogP) is -2.98. The highest BCUT2D eigenvalue weighted by molar-refractivity contribution is 6.72. The van der Waals surface area contributed by atoms with Crippen molar-refractivity contribution in [3.63, 3.8) is 0 Å². The molecule has 0 saturated carbocycles. The molecule has 0 fully saturated rings. The number of anilines is 3. The fourth-order valence-electron chi connectivity index (χ4n) is 8.31. The van der Waals surface area contributed by atoms with Crippen LogP contribution in [0.25, 0.3) is 65.7 Å². The van der Waals surface area contributed by atoms with Gasteiger partial charge in [0.2, 0.25) is 0 Å². The number of hydrogen-bond donors (Lipinski definition) is 0. The molecule has 1 aromatic heterocycles. The van der Waals surface area contributed by atoms with Crippen molar-refractivity contribution in [2.45, 2.75) is 0 Å². The number of rotatable bonds is 5. The van der Waals surface area contributed by atoms with E-state index in [1.165, 1.54) is 0 Å². The maximum atomic E-state index is 7.18. The van der Waals surface area contributed by atoms with Gasteiger partial charge in [-0.15, -0.1) is 16.4 Å². The number of benzene rings is 8. The Morgan fingerprint density at radius 2 is 0.729 bits per heavy atom. The van der Waals surface area contributed by atoms with Gasteiger partial charge in [-0.1, -0.05) is 133 Å². The lowest BCUT2D eigenvalue weighted by Gasteiger charge is -2.35. The van der Waals surface area contributed by atoms with Crippen molar-refractivity contribution in [1.82, 2.24) is 0 Å². The van der Waals surface area contributed by atoms with Crippen LogP contribution in [0.2, 0.25) is 0 Å². The summed E-state index contributed by atoms with van der Waals surface area (Å²) in [5.74, 6) is 0. The highest BCUT2D eigenvalue weighted by Crippen LogP contribution is 2.45. The van der Waals surface area contributed by atoms with E-state index >= 15 is 0 Å². The Hall–Kier alpha value is -5.28. The van der Waals surface area contributed by atoms with Crippen molar-refractivity contribution in [2.24, 2.45) is 0 Å². The van der Waals surface area contributed by atoms with Crippen LogP contribution < -0.4 is 75.9 Å². The third kappa shape index (κ3) is 5.74. The molecule has 2 nitrogen and oxygen atoms in total. The first-order chi connectivity index (χ1) is 28.2. The van der Waals surface area contributed by atoms with Crippen LogP contribution in [0.5, 0.6) is 0 Å². The lowest BCUT2D eigenvalue weighted by atomic mass is 9.55. The minimum absolute atomic E-state index is 0.00327. The summed E-state index contributed by atoms with van der Waals surface area (Å²) in [5, 5.41) is 5.72. The zero-order valence-corrected chi connectivity index (χ0v) is 31.6. The van der Waals surface area contributed by atoms with Crippen LogP contribution in [0, 0.1) is 0 Å². The van der Waals surface area contributed by atoms with Crippen LogP contribution in [0.4, 0.5) is 17.1 Å². The van der Waals surface area contributed by atoms with Gasteiger partial charge in [-0.3, -0.25) is 0 Å². The number of fused-ring (bicyclic) bond motifs is 6. The third-order valence-corrected chi connectivity index (χ3v) is 11.3. The first kappa shape index (κ1) is 39.2. The van der Waals surface area contributed by atoms with Gasteiger partial charge >= 0.3 is 0 Å². The molecule has 0 N–H and O–H groups in total. The van der Waals surface area contributed by atoms with Gasteiger partial charge in [0.15, 0.2) is 5.58 Å². The van der Waals surface area contributed by atoms with E-state index < -0.39 is 0 Å². The van der Waals surface area contributed by atoms with Gasteiger partial charge in [-0.2, -0.15) is 0 Å². The molecule has 9 rings (SSSR count). The molecule has 0 aliphatic rings. The zero-order chi connectivity index (χ0) is 41.8. The molecular weight excluding hydrogens is 699 g/mol. The van der Waals surface area contributed by atoms with Gasteiger partial charge in [0, 0.05) is 21.8 Å². The minimum atomic E-state index is -0.0613. The van der Waals surface area contributed by atoms with E-state index in [9.17, 15) is 0 Å². The topological polar surface area (TPSA) is 16.4 Å².